The molecule has 1 fully saturated rings. The van der Waals surface area contributed by atoms with Crippen molar-refractivity contribution in [3.8, 4) is 0 Å². The van der Waals surface area contributed by atoms with Gasteiger partial charge in [-0.05, 0) is 52.8 Å². The Morgan fingerprint density at radius 3 is 2.68 bits per heavy atom. The molecule has 31 heavy (non-hydrogen) atoms. The van der Waals surface area contributed by atoms with Crippen LogP contribution in [-0.4, -0.2) is 44.1 Å². The zero-order valence-electron chi connectivity index (χ0n) is 18.4. The molecule has 2 aromatic heterocycles. The Balaban J connectivity index is 1.76. The normalized spacial score (nSPS) is 19.1. The second-order valence-electron chi connectivity index (χ2n) is 8.91. The van der Waals surface area contributed by atoms with E-state index in [9.17, 15) is 9.59 Å². The molecule has 0 bridgehead atoms. The third-order valence-corrected chi connectivity index (χ3v) is 6.59. The first-order valence-corrected chi connectivity index (χ1v) is 11.4. The Morgan fingerprint density at radius 2 is 2.00 bits per heavy atom. The first kappa shape index (κ1) is 21.4. The summed E-state index contributed by atoms with van der Waals surface area (Å²) in [6, 6.07) is 9.17. The zero-order chi connectivity index (χ0) is 22.3. The van der Waals surface area contributed by atoms with Gasteiger partial charge in [0, 0.05) is 45.9 Å². The summed E-state index contributed by atoms with van der Waals surface area (Å²) in [4.78, 5) is 36.2. The minimum atomic E-state index is -0.661. The van der Waals surface area contributed by atoms with E-state index in [0.29, 0.717) is 11.3 Å². The smallest absolute Gasteiger partial charge is 0.412 e. The van der Waals surface area contributed by atoms with Crippen molar-refractivity contribution in [1.82, 2.24) is 14.9 Å². The molecular weight excluding hydrogens is 410 g/mol. The Bertz CT molecular complexity index is 1130. The van der Waals surface area contributed by atoms with Gasteiger partial charge >= 0.3 is 6.09 Å². The molecule has 162 valence electrons. The highest BCUT2D eigenvalue weighted by Crippen LogP contribution is 2.43. The van der Waals surface area contributed by atoms with Crippen molar-refractivity contribution in [2.75, 3.05) is 5.75 Å². The summed E-state index contributed by atoms with van der Waals surface area (Å²) >= 11 is 1.56. The molecule has 3 heterocycles. The lowest BCUT2D eigenvalue weighted by Gasteiger charge is -2.31. The summed E-state index contributed by atoms with van der Waals surface area (Å²) < 4.78 is 5.70. The number of aromatic nitrogens is 2. The van der Waals surface area contributed by atoms with Crippen LogP contribution in [-0.2, 0) is 4.74 Å². The molecule has 1 aliphatic heterocycles. The van der Waals surface area contributed by atoms with Gasteiger partial charge in [-0.25, -0.2) is 4.79 Å². The van der Waals surface area contributed by atoms with Crippen LogP contribution in [0.25, 0.3) is 10.9 Å². The SMILES string of the molecule is Cc1ccc2[nH]c(C)c(C(=O)[C@@H]3CSC(c4cccnc4)N3C(=O)OC(C)(C)C)c2c1. The number of ether oxygens (including phenoxy) is 1. The molecule has 4 rings (SSSR count). The van der Waals surface area contributed by atoms with Gasteiger partial charge < -0.3 is 9.72 Å². The molecule has 0 spiro atoms. The van der Waals surface area contributed by atoms with Crippen molar-refractivity contribution in [3.05, 3.63) is 65.1 Å². The fourth-order valence-corrected chi connectivity index (χ4v) is 5.35. The van der Waals surface area contributed by atoms with E-state index in [-0.39, 0.29) is 11.2 Å². The van der Waals surface area contributed by atoms with Crippen molar-refractivity contribution in [1.29, 1.82) is 0 Å². The molecule has 7 heteroatoms. The number of aryl methyl sites for hydroxylation is 2. The van der Waals surface area contributed by atoms with E-state index >= 15 is 0 Å². The van der Waals surface area contributed by atoms with Gasteiger partial charge in [-0.1, -0.05) is 17.7 Å². The van der Waals surface area contributed by atoms with E-state index in [0.717, 1.165) is 27.7 Å². The Hall–Kier alpha value is -2.80. The van der Waals surface area contributed by atoms with Crippen LogP contribution in [0.5, 0.6) is 0 Å². The molecule has 0 radical (unpaired) electrons. The van der Waals surface area contributed by atoms with E-state index in [1.54, 1.807) is 29.1 Å². The summed E-state index contributed by atoms with van der Waals surface area (Å²) in [5, 5.41) is 0.561. The van der Waals surface area contributed by atoms with E-state index in [1.807, 2.05) is 65.0 Å². The summed E-state index contributed by atoms with van der Waals surface area (Å²) in [7, 11) is 0. The predicted octanol–water partition coefficient (Wildman–Crippen LogP) is 5.41. The Morgan fingerprint density at radius 1 is 1.23 bits per heavy atom. The highest BCUT2D eigenvalue weighted by atomic mass is 32.2. The quantitative estimate of drug-likeness (QED) is 0.554. The fourth-order valence-electron chi connectivity index (χ4n) is 3.95. The van der Waals surface area contributed by atoms with Crippen molar-refractivity contribution in [2.45, 2.75) is 51.6 Å². The number of amides is 1. The zero-order valence-corrected chi connectivity index (χ0v) is 19.2. The standard InChI is InChI=1S/C24H27N3O3S/c1-14-8-9-18-17(11-14)20(15(2)26-18)21(28)19-13-31-22(16-7-6-10-25-12-16)27(19)23(29)30-24(3,4)5/h6-12,19,22,26H,13H2,1-5H3/t19-,22?/m0/s1. The number of carbonyl (C=O) groups is 2. The number of nitrogens with zero attached hydrogens (tertiary/aromatic N) is 2. The minimum absolute atomic E-state index is 0.0703. The van der Waals surface area contributed by atoms with E-state index in [4.69, 9.17) is 4.74 Å². The van der Waals surface area contributed by atoms with E-state index < -0.39 is 17.7 Å². The second kappa shape index (κ2) is 8.04. The number of thioether (sulfide) groups is 1. The lowest BCUT2D eigenvalue weighted by molar-refractivity contribution is 0.0172. The highest BCUT2D eigenvalue weighted by molar-refractivity contribution is 7.99. The minimum Gasteiger partial charge on any atom is -0.444 e. The van der Waals surface area contributed by atoms with Gasteiger partial charge in [0.05, 0.1) is 0 Å². The summed E-state index contributed by atoms with van der Waals surface area (Å²) in [5.41, 5.74) is 3.67. The Kier molecular flexibility index (Phi) is 5.56. The van der Waals surface area contributed by atoms with Gasteiger partial charge in [0.15, 0.2) is 5.78 Å². The van der Waals surface area contributed by atoms with Gasteiger partial charge in [-0.2, -0.15) is 0 Å². The molecule has 1 unspecified atom stereocenters. The molecule has 1 saturated heterocycles. The van der Waals surface area contributed by atoms with Gasteiger partial charge in [-0.15, -0.1) is 11.8 Å². The summed E-state index contributed by atoms with van der Waals surface area (Å²) in [6.45, 7) is 9.40. The van der Waals surface area contributed by atoms with Crippen LogP contribution in [0, 0.1) is 13.8 Å². The number of pyridine rings is 1. The van der Waals surface area contributed by atoms with Crippen LogP contribution in [0.2, 0.25) is 0 Å². The van der Waals surface area contributed by atoms with Crippen molar-refractivity contribution < 1.29 is 14.3 Å². The van der Waals surface area contributed by atoms with Gasteiger partial charge in [0.1, 0.15) is 17.0 Å². The van der Waals surface area contributed by atoms with Crippen molar-refractivity contribution in [2.24, 2.45) is 0 Å². The number of nitrogens with one attached hydrogen (secondary N) is 1. The molecule has 1 aliphatic rings. The van der Waals surface area contributed by atoms with Crippen LogP contribution in [0.15, 0.2) is 42.7 Å². The van der Waals surface area contributed by atoms with Crippen LogP contribution in [0.3, 0.4) is 0 Å². The maximum Gasteiger partial charge on any atom is 0.412 e. The van der Waals surface area contributed by atoms with Crippen molar-refractivity contribution >= 4 is 34.5 Å². The molecule has 0 saturated carbocycles. The first-order chi connectivity index (χ1) is 14.7. The topological polar surface area (TPSA) is 75.3 Å². The Labute approximate surface area is 186 Å². The number of ketones is 1. The highest BCUT2D eigenvalue weighted by Gasteiger charge is 2.45. The van der Waals surface area contributed by atoms with Crippen LogP contribution in [0.1, 0.15) is 53.3 Å². The molecule has 0 aliphatic carbocycles. The van der Waals surface area contributed by atoms with Gasteiger partial charge in [0.2, 0.25) is 0 Å². The molecule has 1 N–H and O–H groups in total. The molecule has 1 aromatic carbocycles. The molecule has 2 atom stereocenters. The average Bonchev–Trinajstić information content (AvgIpc) is 3.27. The number of hydrogen-bond acceptors (Lipinski definition) is 5. The van der Waals surface area contributed by atoms with Gasteiger partial charge in [0.25, 0.3) is 0 Å². The number of benzene rings is 1. The van der Waals surface area contributed by atoms with Gasteiger partial charge in [-0.3, -0.25) is 14.7 Å². The molecule has 3 aromatic rings. The molecule has 6 nitrogen and oxygen atoms in total. The number of carbonyl (C=O) groups excluding carboxylic acids is 2. The third-order valence-electron chi connectivity index (χ3n) is 5.26. The number of Topliss-reactive ketones (excluding diaryl/α,β-unsaturated/α-hetero) is 1. The lowest BCUT2D eigenvalue weighted by Crippen LogP contribution is -2.45. The number of H-pyrrole nitrogens is 1. The number of fused-ring (bicyclic) bond motifs is 1. The van der Waals surface area contributed by atoms with Crippen molar-refractivity contribution in [3.63, 3.8) is 0 Å². The predicted molar refractivity (Wildman–Crippen MR) is 123 cm³/mol. The fraction of sp³-hybridized carbons (Fsp3) is 0.375. The maximum atomic E-state index is 13.8. The molecular formula is C24H27N3O3S. The van der Waals surface area contributed by atoms with Crippen LogP contribution >= 0.6 is 11.8 Å². The number of aromatic amines is 1. The number of hydrogen-bond donors (Lipinski definition) is 1. The van der Waals surface area contributed by atoms with E-state index in [1.165, 1.54) is 0 Å². The number of rotatable bonds is 3. The first-order valence-electron chi connectivity index (χ1n) is 10.3. The second-order valence-corrected chi connectivity index (χ2v) is 10.0. The third kappa shape index (κ3) is 4.19. The molecule has 1 amide bonds. The maximum absolute atomic E-state index is 13.8. The van der Waals surface area contributed by atoms with Crippen LogP contribution < -0.4 is 0 Å². The summed E-state index contributed by atoms with van der Waals surface area (Å²) in [5.74, 6) is 0.425. The lowest BCUT2D eigenvalue weighted by atomic mass is 9.99. The largest absolute Gasteiger partial charge is 0.444 e. The summed E-state index contributed by atoms with van der Waals surface area (Å²) in [6.07, 6.45) is 2.95. The van der Waals surface area contributed by atoms with E-state index in [2.05, 4.69) is 9.97 Å². The monoisotopic (exact) mass is 437 g/mol. The average molecular weight is 438 g/mol. The van der Waals surface area contributed by atoms with Crippen LogP contribution in [0.4, 0.5) is 4.79 Å².